The molecule has 1 aliphatic carbocycles. The van der Waals surface area contributed by atoms with Crippen molar-refractivity contribution in [2.45, 2.75) is 95.8 Å². The molecule has 2 saturated heterocycles. The van der Waals surface area contributed by atoms with E-state index in [4.69, 9.17) is 23.7 Å². The van der Waals surface area contributed by atoms with Crippen LogP contribution in [0.3, 0.4) is 0 Å². The van der Waals surface area contributed by atoms with E-state index in [1.54, 1.807) is 7.11 Å². The normalized spacial score (nSPS) is 35.8. The molecule has 2 aliphatic heterocycles. The molecule has 1 N–H and O–H groups in total. The smallest absolute Gasteiger partial charge is 0.221 e. The van der Waals surface area contributed by atoms with Crippen molar-refractivity contribution < 1.29 is 28.8 Å². The third-order valence-electron chi connectivity index (χ3n) is 4.96. The third-order valence-corrected chi connectivity index (χ3v) is 4.96. The van der Waals surface area contributed by atoms with Crippen LogP contribution in [0.4, 0.5) is 0 Å². The number of methoxy groups -OCH3 is 1. The zero-order valence-corrected chi connectivity index (χ0v) is 15.8. The number of hydrogen-bond donors (Lipinski definition) is 1. The van der Waals surface area contributed by atoms with Crippen molar-refractivity contribution in [3.05, 3.63) is 0 Å². The Morgan fingerprint density at radius 1 is 1.08 bits per heavy atom. The highest BCUT2D eigenvalue weighted by Gasteiger charge is 2.57. The van der Waals surface area contributed by atoms with Crippen LogP contribution in [0.15, 0.2) is 0 Å². The summed E-state index contributed by atoms with van der Waals surface area (Å²) in [7, 11) is 1.60. The van der Waals surface area contributed by atoms with Gasteiger partial charge >= 0.3 is 0 Å². The van der Waals surface area contributed by atoms with Gasteiger partial charge in [0.2, 0.25) is 5.79 Å². The van der Waals surface area contributed by atoms with Crippen LogP contribution in [0.25, 0.3) is 0 Å². The van der Waals surface area contributed by atoms with E-state index in [1.165, 1.54) is 6.42 Å². The summed E-state index contributed by atoms with van der Waals surface area (Å²) in [6, 6.07) is 0. The van der Waals surface area contributed by atoms with Crippen molar-refractivity contribution in [3.8, 4) is 0 Å². The summed E-state index contributed by atoms with van der Waals surface area (Å²) in [6.45, 7) is 8.34. The van der Waals surface area contributed by atoms with Gasteiger partial charge in [-0.3, -0.25) is 0 Å². The lowest BCUT2D eigenvalue weighted by molar-refractivity contribution is -0.343. The predicted octanol–water partition coefficient (Wildman–Crippen LogP) is 2.97. The Kier molecular flexibility index (Phi) is 6.67. The SMILES string of the molecule is CC.COC(C)(C)O[C@@H]1CO[C@]2(COC3(CCCCC3)O2)[C@@H](O)C1. The molecule has 6 heteroatoms. The first-order chi connectivity index (χ1) is 11.4. The molecule has 0 aromatic rings. The molecule has 2 heterocycles. The highest BCUT2D eigenvalue weighted by molar-refractivity contribution is 4.95. The van der Waals surface area contributed by atoms with Crippen LogP contribution in [0.2, 0.25) is 0 Å². The summed E-state index contributed by atoms with van der Waals surface area (Å²) in [6.07, 6.45) is 4.63. The fourth-order valence-corrected chi connectivity index (χ4v) is 3.54. The molecule has 1 saturated carbocycles. The van der Waals surface area contributed by atoms with Crippen LogP contribution in [0.1, 0.15) is 66.2 Å². The van der Waals surface area contributed by atoms with Crippen molar-refractivity contribution in [1.29, 1.82) is 0 Å². The Hall–Kier alpha value is -0.240. The molecule has 3 aliphatic rings. The van der Waals surface area contributed by atoms with Gasteiger partial charge in [-0.15, -0.1) is 0 Å². The van der Waals surface area contributed by atoms with E-state index in [0.29, 0.717) is 13.0 Å². The van der Waals surface area contributed by atoms with Gasteiger partial charge in [0.1, 0.15) is 12.7 Å². The fourth-order valence-electron chi connectivity index (χ4n) is 3.54. The lowest BCUT2D eigenvalue weighted by atomic mass is 9.94. The van der Waals surface area contributed by atoms with Crippen molar-refractivity contribution in [2.75, 3.05) is 20.3 Å². The number of aliphatic hydroxyl groups excluding tert-OH is 1. The number of ether oxygens (including phenoxy) is 5. The van der Waals surface area contributed by atoms with Crippen LogP contribution < -0.4 is 0 Å². The average Bonchev–Trinajstić information content (AvgIpc) is 2.93. The molecule has 142 valence electrons. The van der Waals surface area contributed by atoms with E-state index < -0.39 is 23.5 Å². The minimum atomic E-state index is -1.03. The summed E-state index contributed by atoms with van der Waals surface area (Å²) in [5, 5.41) is 10.6. The lowest BCUT2D eigenvalue weighted by Gasteiger charge is -2.43. The molecule has 0 radical (unpaired) electrons. The molecule has 0 unspecified atom stereocenters. The molecule has 3 fully saturated rings. The number of aliphatic hydroxyl groups is 1. The molecule has 0 bridgehead atoms. The summed E-state index contributed by atoms with van der Waals surface area (Å²) in [5.41, 5.74) is 0. The average molecular weight is 346 g/mol. The summed E-state index contributed by atoms with van der Waals surface area (Å²) in [5.74, 6) is -2.29. The van der Waals surface area contributed by atoms with Gasteiger partial charge in [0, 0.05) is 26.4 Å². The maximum Gasteiger partial charge on any atom is 0.221 e. The third kappa shape index (κ3) is 4.29. The Bertz CT molecular complexity index is 393. The van der Waals surface area contributed by atoms with Gasteiger partial charge < -0.3 is 28.8 Å². The first kappa shape index (κ1) is 20.1. The maximum absolute atomic E-state index is 10.6. The quantitative estimate of drug-likeness (QED) is 0.793. The Morgan fingerprint density at radius 3 is 2.33 bits per heavy atom. The van der Waals surface area contributed by atoms with Crippen LogP contribution in [0, 0.1) is 0 Å². The number of hydrogen-bond acceptors (Lipinski definition) is 6. The standard InChI is InChI=1S/C16H28O6.C2H6/c1-14(2,18-3)21-12-9-13(17)16(19-10-12)11-20-15(22-16)7-5-4-6-8-15;1-2/h12-13,17H,4-11H2,1-3H3;1-2H3/t12-,13-,16-;/m0./s1. The van der Waals surface area contributed by atoms with Gasteiger partial charge in [0.15, 0.2) is 11.6 Å². The van der Waals surface area contributed by atoms with Gasteiger partial charge in [0.05, 0.1) is 12.7 Å². The molecule has 3 rings (SSSR count). The maximum atomic E-state index is 10.6. The summed E-state index contributed by atoms with van der Waals surface area (Å²) < 4.78 is 29.1. The largest absolute Gasteiger partial charge is 0.387 e. The molecule has 0 aromatic heterocycles. The van der Waals surface area contributed by atoms with E-state index in [2.05, 4.69) is 0 Å². The van der Waals surface area contributed by atoms with Crippen LogP contribution >= 0.6 is 0 Å². The molecule has 3 atom stereocenters. The Morgan fingerprint density at radius 2 is 1.75 bits per heavy atom. The number of rotatable bonds is 3. The van der Waals surface area contributed by atoms with E-state index in [9.17, 15) is 5.11 Å². The molecular formula is C18H34O6. The van der Waals surface area contributed by atoms with Gasteiger partial charge in [-0.1, -0.05) is 20.3 Å². The molecule has 24 heavy (non-hydrogen) atoms. The van der Waals surface area contributed by atoms with E-state index in [1.807, 2.05) is 27.7 Å². The second-order valence-electron chi connectivity index (χ2n) is 7.08. The van der Waals surface area contributed by atoms with Crippen molar-refractivity contribution >= 4 is 0 Å². The zero-order valence-electron chi connectivity index (χ0n) is 15.8. The van der Waals surface area contributed by atoms with Gasteiger partial charge in [-0.2, -0.15) is 0 Å². The van der Waals surface area contributed by atoms with E-state index >= 15 is 0 Å². The minimum absolute atomic E-state index is 0.220. The molecule has 0 amide bonds. The molecule has 0 aromatic carbocycles. The van der Waals surface area contributed by atoms with Crippen LogP contribution in [-0.2, 0) is 23.7 Å². The highest BCUT2D eigenvalue weighted by atomic mass is 16.8. The monoisotopic (exact) mass is 346 g/mol. The second-order valence-corrected chi connectivity index (χ2v) is 7.08. The topological polar surface area (TPSA) is 66.4 Å². The zero-order chi connectivity index (χ0) is 17.8. The van der Waals surface area contributed by atoms with Crippen molar-refractivity contribution in [2.24, 2.45) is 0 Å². The van der Waals surface area contributed by atoms with E-state index in [0.717, 1.165) is 25.7 Å². The first-order valence-corrected chi connectivity index (χ1v) is 9.28. The highest BCUT2D eigenvalue weighted by Crippen LogP contribution is 2.45. The predicted molar refractivity (Wildman–Crippen MR) is 89.5 cm³/mol. The Balaban J connectivity index is 0.00000100. The fraction of sp³-hybridized carbons (Fsp3) is 1.00. The first-order valence-electron chi connectivity index (χ1n) is 9.28. The van der Waals surface area contributed by atoms with Gasteiger partial charge in [0.25, 0.3) is 0 Å². The van der Waals surface area contributed by atoms with Gasteiger partial charge in [-0.05, 0) is 26.7 Å². The van der Waals surface area contributed by atoms with E-state index in [-0.39, 0.29) is 12.7 Å². The summed E-state index contributed by atoms with van der Waals surface area (Å²) >= 11 is 0. The van der Waals surface area contributed by atoms with Crippen LogP contribution in [0.5, 0.6) is 0 Å². The summed E-state index contributed by atoms with van der Waals surface area (Å²) in [4.78, 5) is 0. The van der Waals surface area contributed by atoms with Gasteiger partial charge in [-0.25, -0.2) is 0 Å². The minimum Gasteiger partial charge on any atom is -0.387 e. The Labute approximate surface area is 145 Å². The van der Waals surface area contributed by atoms with Crippen molar-refractivity contribution in [1.82, 2.24) is 0 Å². The van der Waals surface area contributed by atoms with Crippen LogP contribution in [-0.4, -0.2) is 55.0 Å². The molecule has 6 nitrogen and oxygen atoms in total. The molecule has 2 spiro atoms. The van der Waals surface area contributed by atoms with Crippen molar-refractivity contribution in [3.63, 3.8) is 0 Å². The lowest BCUT2D eigenvalue weighted by Crippen LogP contribution is -2.56. The second kappa shape index (κ2) is 7.98. The molecular weight excluding hydrogens is 312 g/mol.